The molecular weight excluding hydrogens is 294 g/mol. The van der Waals surface area contributed by atoms with Crippen LogP contribution in [0.3, 0.4) is 0 Å². The van der Waals surface area contributed by atoms with Gasteiger partial charge in [-0.2, -0.15) is 0 Å². The van der Waals surface area contributed by atoms with Crippen LogP contribution in [0.1, 0.15) is 31.2 Å². The summed E-state index contributed by atoms with van der Waals surface area (Å²) in [6, 6.07) is 2.51. The highest BCUT2D eigenvalue weighted by Crippen LogP contribution is 2.18. The van der Waals surface area contributed by atoms with E-state index < -0.39 is 0 Å². The van der Waals surface area contributed by atoms with Crippen molar-refractivity contribution in [2.24, 2.45) is 0 Å². The van der Waals surface area contributed by atoms with E-state index in [1.54, 1.807) is 6.20 Å². The van der Waals surface area contributed by atoms with Crippen LogP contribution in [0, 0.1) is 0 Å². The Bertz CT molecular complexity index is 407. The van der Waals surface area contributed by atoms with Crippen molar-refractivity contribution in [2.45, 2.75) is 38.3 Å². The minimum absolute atomic E-state index is 0.184. The highest BCUT2D eigenvalue weighted by atomic mass is 79.9. The topological polar surface area (TPSA) is 54.0 Å². The summed E-state index contributed by atoms with van der Waals surface area (Å²) in [6.45, 7) is 1.64. The second-order valence-corrected chi connectivity index (χ2v) is 5.55. The normalized spacial score (nSPS) is 14.5. The highest BCUT2D eigenvalue weighted by Gasteiger charge is 2.22. The van der Waals surface area contributed by atoms with E-state index in [0.717, 1.165) is 42.4 Å². The molecule has 1 amide bonds. The van der Waals surface area contributed by atoms with E-state index in [2.05, 4.69) is 31.5 Å². The number of halogens is 1. The van der Waals surface area contributed by atoms with E-state index in [9.17, 15) is 4.79 Å². The molecule has 0 saturated heterocycles. The lowest BCUT2D eigenvalue weighted by Crippen LogP contribution is -2.26. The fourth-order valence-corrected chi connectivity index (χ4v) is 2.10. The van der Waals surface area contributed by atoms with Gasteiger partial charge in [0.25, 0.3) is 0 Å². The van der Waals surface area contributed by atoms with Crippen molar-refractivity contribution in [1.29, 1.82) is 0 Å². The molecule has 0 radical (unpaired) electrons. The third-order valence-electron chi connectivity index (χ3n) is 2.79. The van der Waals surface area contributed by atoms with Crippen molar-refractivity contribution in [3.05, 3.63) is 28.5 Å². The van der Waals surface area contributed by atoms with Crippen LogP contribution in [0.2, 0.25) is 0 Å². The Morgan fingerprint density at radius 1 is 1.44 bits per heavy atom. The van der Waals surface area contributed by atoms with Crippen LogP contribution < -0.4 is 10.6 Å². The third-order valence-corrected chi connectivity index (χ3v) is 3.22. The molecule has 1 aliphatic rings. The lowest BCUT2D eigenvalue weighted by molar-refractivity contribution is -0.121. The zero-order valence-corrected chi connectivity index (χ0v) is 11.9. The number of pyridine rings is 1. The number of rotatable bonds is 7. The van der Waals surface area contributed by atoms with Crippen LogP contribution in [-0.2, 0) is 11.3 Å². The molecule has 1 fully saturated rings. The number of amides is 1. The minimum Gasteiger partial charge on any atom is -0.353 e. The molecule has 18 heavy (non-hydrogen) atoms. The van der Waals surface area contributed by atoms with Crippen LogP contribution >= 0.6 is 15.9 Å². The van der Waals surface area contributed by atoms with Crippen molar-refractivity contribution >= 4 is 21.8 Å². The van der Waals surface area contributed by atoms with Gasteiger partial charge in [0, 0.05) is 35.9 Å². The number of nitrogens with zero attached hydrogens (tertiary/aromatic N) is 1. The predicted octanol–water partition coefficient (Wildman–Crippen LogP) is 1.99. The Labute approximate surface area is 116 Å². The highest BCUT2D eigenvalue weighted by molar-refractivity contribution is 9.10. The molecule has 0 aliphatic heterocycles. The van der Waals surface area contributed by atoms with Crippen LogP contribution in [0.25, 0.3) is 0 Å². The van der Waals surface area contributed by atoms with Gasteiger partial charge in [-0.15, -0.1) is 0 Å². The summed E-state index contributed by atoms with van der Waals surface area (Å²) in [4.78, 5) is 15.5. The maximum atomic E-state index is 11.4. The molecule has 5 heteroatoms. The largest absolute Gasteiger partial charge is 0.353 e. The van der Waals surface area contributed by atoms with Crippen LogP contribution in [0.15, 0.2) is 22.9 Å². The number of nitrogens with one attached hydrogen (secondary N) is 2. The Hall–Kier alpha value is -0.940. The summed E-state index contributed by atoms with van der Waals surface area (Å²) in [5, 5.41) is 6.30. The van der Waals surface area contributed by atoms with Gasteiger partial charge < -0.3 is 10.6 Å². The predicted molar refractivity (Wildman–Crippen MR) is 74.0 cm³/mol. The van der Waals surface area contributed by atoms with Crippen LogP contribution in [-0.4, -0.2) is 23.5 Å². The summed E-state index contributed by atoms with van der Waals surface area (Å²) >= 11 is 3.39. The second-order valence-electron chi connectivity index (χ2n) is 4.63. The number of carbonyl (C=O) groups is 1. The van der Waals surface area contributed by atoms with Crippen molar-refractivity contribution in [3.63, 3.8) is 0 Å². The van der Waals surface area contributed by atoms with Gasteiger partial charge in [0.1, 0.15) is 0 Å². The Kier molecular flexibility index (Phi) is 5.13. The average Bonchev–Trinajstić information content (AvgIpc) is 3.12. The van der Waals surface area contributed by atoms with Gasteiger partial charge in [0.05, 0.1) is 0 Å². The van der Waals surface area contributed by atoms with E-state index in [0.29, 0.717) is 12.5 Å². The first-order valence-electron chi connectivity index (χ1n) is 6.33. The summed E-state index contributed by atoms with van der Waals surface area (Å²) < 4.78 is 0.991. The third kappa shape index (κ3) is 5.14. The zero-order chi connectivity index (χ0) is 12.8. The van der Waals surface area contributed by atoms with Gasteiger partial charge in [-0.25, -0.2) is 0 Å². The van der Waals surface area contributed by atoms with Gasteiger partial charge in [0.15, 0.2) is 0 Å². The molecule has 1 aromatic rings. The number of aromatic nitrogens is 1. The van der Waals surface area contributed by atoms with Gasteiger partial charge in [-0.3, -0.25) is 9.78 Å². The molecule has 0 bridgehead atoms. The number of carbonyl (C=O) groups excluding carboxylic acids is 1. The summed E-state index contributed by atoms with van der Waals surface area (Å²) in [5.74, 6) is 0.184. The summed E-state index contributed by atoms with van der Waals surface area (Å²) in [5.41, 5.74) is 1.15. The minimum atomic E-state index is 0.184. The van der Waals surface area contributed by atoms with E-state index in [-0.39, 0.29) is 5.91 Å². The first kappa shape index (κ1) is 13.5. The molecule has 98 valence electrons. The van der Waals surface area contributed by atoms with Crippen molar-refractivity contribution < 1.29 is 4.79 Å². The SMILES string of the molecule is O=C(CCCNCc1cncc(Br)c1)NC1CC1. The molecule has 0 spiro atoms. The molecule has 1 heterocycles. The zero-order valence-electron chi connectivity index (χ0n) is 10.3. The van der Waals surface area contributed by atoms with E-state index in [4.69, 9.17) is 0 Å². The molecule has 0 unspecified atom stereocenters. The Balaban J connectivity index is 1.54. The number of hydrogen-bond acceptors (Lipinski definition) is 3. The van der Waals surface area contributed by atoms with Gasteiger partial charge in [0.2, 0.25) is 5.91 Å². The molecule has 1 saturated carbocycles. The van der Waals surface area contributed by atoms with E-state index >= 15 is 0 Å². The van der Waals surface area contributed by atoms with Crippen molar-refractivity contribution in [2.75, 3.05) is 6.54 Å². The van der Waals surface area contributed by atoms with Crippen molar-refractivity contribution in [1.82, 2.24) is 15.6 Å². The molecule has 0 atom stereocenters. The molecule has 2 rings (SSSR count). The van der Waals surface area contributed by atoms with Gasteiger partial charge in [-0.1, -0.05) is 0 Å². The summed E-state index contributed by atoms with van der Waals surface area (Å²) in [7, 11) is 0. The van der Waals surface area contributed by atoms with E-state index in [1.807, 2.05) is 12.3 Å². The van der Waals surface area contributed by atoms with Crippen molar-refractivity contribution in [3.8, 4) is 0 Å². The fraction of sp³-hybridized carbons (Fsp3) is 0.538. The molecular formula is C13H18BrN3O. The van der Waals surface area contributed by atoms with E-state index in [1.165, 1.54) is 0 Å². The average molecular weight is 312 g/mol. The quantitative estimate of drug-likeness (QED) is 0.757. The molecule has 2 N–H and O–H groups in total. The molecule has 1 aliphatic carbocycles. The lowest BCUT2D eigenvalue weighted by atomic mass is 10.2. The lowest BCUT2D eigenvalue weighted by Gasteiger charge is -2.05. The fourth-order valence-electron chi connectivity index (χ4n) is 1.69. The first-order valence-corrected chi connectivity index (χ1v) is 7.13. The molecule has 0 aromatic carbocycles. The Morgan fingerprint density at radius 2 is 2.28 bits per heavy atom. The smallest absolute Gasteiger partial charge is 0.220 e. The maximum absolute atomic E-state index is 11.4. The van der Waals surface area contributed by atoms with Crippen LogP contribution in [0.4, 0.5) is 0 Å². The standard InChI is InChI=1S/C13H18BrN3O/c14-11-6-10(8-16-9-11)7-15-5-1-2-13(18)17-12-3-4-12/h6,8-9,12,15H,1-5,7H2,(H,17,18). The summed E-state index contributed by atoms with van der Waals surface area (Å²) in [6.07, 6.45) is 7.41. The molecule has 1 aromatic heterocycles. The molecule has 4 nitrogen and oxygen atoms in total. The van der Waals surface area contributed by atoms with Gasteiger partial charge >= 0.3 is 0 Å². The Morgan fingerprint density at radius 3 is 3.00 bits per heavy atom. The second kappa shape index (κ2) is 6.85. The monoisotopic (exact) mass is 311 g/mol. The van der Waals surface area contributed by atoms with Gasteiger partial charge in [-0.05, 0) is 53.4 Å². The first-order chi connectivity index (χ1) is 8.74. The number of hydrogen-bond donors (Lipinski definition) is 2. The van der Waals surface area contributed by atoms with Crippen LogP contribution in [0.5, 0.6) is 0 Å². The maximum Gasteiger partial charge on any atom is 0.220 e.